The second-order valence-electron chi connectivity index (χ2n) is 5.02. The van der Waals surface area contributed by atoms with Gasteiger partial charge >= 0.3 is 0 Å². The fourth-order valence-electron chi connectivity index (χ4n) is 2.01. The minimum absolute atomic E-state index is 0.0598. The zero-order valence-electron chi connectivity index (χ0n) is 11.2. The number of hydrogen-bond acceptors (Lipinski definition) is 3. The molecular weight excluding hydrogens is 228 g/mol. The van der Waals surface area contributed by atoms with E-state index in [-0.39, 0.29) is 18.6 Å². The van der Waals surface area contributed by atoms with E-state index in [1.54, 1.807) is 6.07 Å². The third-order valence-corrected chi connectivity index (χ3v) is 2.84. The number of hydrogen-bond donors (Lipinski definition) is 3. The van der Waals surface area contributed by atoms with Crippen molar-refractivity contribution >= 4 is 11.6 Å². The number of nitrogens with one attached hydrogen (secondary N) is 1. The predicted molar refractivity (Wildman–Crippen MR) is 73.4 cm³/mol. The van der Waals surface area contributed by atoms with Gasteiger partial charge in [0.2, 0.25) is 0 Å². The van der Waals surface area contributed by atoms with Crippen LogP contribution >= 0.6 is 0 Å². The first kappa shape index (κ1) is 14.5. The Morgan fingerprint density at radius 1 is 1.44 bits per heavy atom. The van der Waals surface area contributed by atoms with Crippen molar-refractivity contribution in [2.24, 2.45) is 5.92 Å². The highest BCUT2D eigenvalue weighted by atomic mass is 16.3. The third-order valence-electron chi connectivity index (χ3n) is 2.84. The highest BCUT2D eigenvalue weighted by Gasteiger charge is 2.17. The van der Waals surface area contributed by atoms with Crippen molar-refractivity contribution in [3.63, 3.8) is 0 Å². The molecule has 1 aromatic carbocycles. The van der Waals surface area contributed by atoms with E-state index in [2.05, 4.69) is 19.2 Å². The van der Waals surface area contributed by atoms with E-state index in [0.717, 1.165) is 12.0 Å². The maximum atomic E-state index is 12.1. The molecule has 4 heteroatoms. The minimum atomic E-state index is -0.225. The van der Waals surface area contributed by atoms with Gasteiger partial charge in [0.05, 0.1) is 18.2 Å². The fourth-order valence-corrected chi connectivity index (χ4v) is 2.01. The second kappa shape index (κ2) is 6.40. The molecule has 0 spiro atoms. The molecule has 0 aliphatic carbocycles. The smallest absolute Gasteiger partial charge is 0.253 e. The topological polar surface area (TPSA) is 75.4 Å². The Hall–Kier alpha value is -1.55. The standard InChI is InChI=1S/C14H22N2O2/c1-9(2)7-11(8-17)16-14(18)13-10(3)5-4-6-12(13)15/h4-6,9,11,17H,7-8,15H2,1-3H3,(H,16,18). The highest BCUT2D eigenvalue weighted by molar-refractivity contribution is 6.00. The lowest BCUT2D eigenvalue weighted by molar-refractivity contribution is 0.0908. The van der Waals surface area contributed by atoms with Gasteiger partial charge in [-0.1, -0.05) is 26.0 Å². The summed E-state index contributed by atoms with van der Waals surface area (Å²) in [5, 5.41) is 12.1. The second-order valence-corrected chi connectivity index (χ2v) is 5.02. The molecule has 0 radical (unpaired) electrons. The number of carbonyl (C=O) groups is 1. The number of nitrogen functional groups attached to an aromatic ring is 1. The quantitative estimate of drug-likeness (QED) is 0.696. The van der Waals surface area contributed by atoms with Gasteiger partial charge in [-0.25, -0.2) is 0 Å². The van der Waals surface area contributed by atoms with Gasteiger partial charge in [-0.3, -0.25) is 4.79 Å². The molecular formula is C14H22N2O2. The summed E-state index contributed by atoms with van der Waals surface area (Å²) in [4.78, 5) is 12.1. The van der Waals surface area contributed by atoms with Crippen LogP contribution in [-0.4, -0.2) is 23.7 Å². The Kier molecular flexibility index (Phi) is 5.16. The van der Waals surface area contributed by atoms with Crippen LogP contribution in [0.5, 0.6) is 0 Å². The number of aryl methyl sites for hydroxylation is 1. The molecule has 4 nitrogen and oxygen atoms in total. The van der Waals surface area contributed by atoms with Crippen LogP contribution < -0.4 is 11.1 Å². The molecule has 18 heavy (non-hydrogen) atoms. The average Bonchev–Trinajstić information content (AvgIpc) is 2.27. The summed E-state index contributed by atoms with van der Waals surface area (Å²) in [5.74, 6) is 0.196. The first-order chi connectivity index (χ1) is 8.45. The molecule has 0 heterocycles. The Morgan fingerprint density at radius 3 is 2.61 bits per heavy atom. The number of benzene rings is 1. The number of anilines is 1. The van der Waals surface area contributed by atoms with Crippen molar-refractivity contribution in [1.29, 1.82) is 0 Å². The van der Waals surface area contributed by atoms with Gasteiger partial charge in [0.15, 0.2) is 0 Å². The molecule has 1 aromatic rings. The molecule has 4 N–H and O–H groups in total. The van der Waals surface area contributed by atoms with E-state index in [1.807, 2.05) is 19.1 Å². The van der Waals surface area contributed by atoms with Crippen molar-refractivity contribution in [2.75, 3.05) is 12.3 Å². The molecule has 0 saturated heterocycles. The van der Waals surface area contributed by atoms with Crippen LogP contribution in [0.15, 0.2) is 18.2 Å². The summed E-state index contributed by atoms with van der Waals surface area (Å²) >= 11 is 0. The van der Waals surface area contributed by atoms with Crippen LogP contribution in [0.4, 0.5) is 5.69 Å². The van der Waals surface area contributed by atoms with Crippen LogP contribution in [0.25, 0.3) is 0 Å². The number of amides is 1. The zero-order chi connectivity index (χ0) is 13.7. The van der Waals surface area contributed by atoms with Gasteiger partial charge in [-0.15, -0.1) is 0 Å². The SMILES string of the molecule is Cc1cccc(N)c1C(=O)NC(CO)CC(C)C. The van der Waals surface area contributed by atoms with E-state index in [0.29, 0.717) is 17.2 Å². The molecule has 0 fully saturated rings. The van der Waals surface area contributed by atoms with Crippen LogP contribution in [0.3, 0.4) is 0 Å². The van der Waals surface area contributed by atoms with E-state index in [4.69, 9.17) is 5.73 Å². The summed E-state index contributed by atoms with van der Waals surface area (Å²) in [6.45, 7) is 5.89. The number of nitrogens with two attached hydrogens (primary N) is 1. The maximum absolute atomic E-state index is 12.1. The van der Waals surface area contributed by atoms with E-state index in [9.17, 15) is 9.90 Å². The minimum Gasteiger partial charge on any atom is -0.398 e. The van der Waals surface area contributed by atoms with Gasteiger partial charge < -0.3 is 16.2 Å². The number of aliphatic hydroxyl groups is 1. The summed E-state index contributed by atoms with van der Waals surface area (Å²) in [6.07, 6.45) is 0.744. The third kappa shape index (κ3) is 3.74. The summed E-state index contributed by atoms with van der Waals surface area (Å²) in [5.41, 5.74) is 7.62. The average molecular weight is 250 g/mol. The normalized spacial score (nSPS) is 12.5. The summed E-state index contributed by atoms with van der Waals surface area (Å²) < 4.78 is 0. The zero-order valence-corrected chi connectivity index (χ0v) is 11.2. The van der Waals surface area contributed by atoms with E-state index < -0.39 is 0 Å². The highest BCUT2D eigenvalue weighted by Crippen LogP contribution is 2.16. The van der Waals surface area contributed by atoms with Gasteiger partial charge in [0.25, 0.3) is 5.91 Å². The first-order valence-electron chi connectivity index (χ1n) is 6.22. The lowest BCUT2D eigenvalue weighted by Crippen LogP contribution is -2.39. The predicted octanol–water partition coefficient (Wildman–Crippen LogP) is 1.71. The van der Waals surface area contributed by atoms with Crippen molar-refractivity contribution in [3.05, 3.63) is 29.3 Å². The maximum Gasteiger partial charge on any atom is 0.253 e. The van der Waals surface area contributed by atoms with E-state index in [1.165, 1.54) is 0 Å². The van der Waals surface area contributed by atoms with Gasteiger partial charge in [-0.2, -0.15) is 0 Å². The van der Waals surface area contributed by atoms with Gasteiger partial charge in [0.1, 0.15) is 0 Å². The molecule has 1 rings (SSSR count). The Labute approximate surface area is 108 Å². The summed E-state index contributed by atoms with van der Waals surface area (Å²) in [7, 11) is 0. The van der Waals surface area contributed by atoms with Crippen molar-refractivity contribution in [2.45, 2.75) is 33.2 Å². The monoisotopic (exact) mass is 250 g/mol. The number of aliphatic hydroxyl groups excluding tert-OH is 1. The molecule has 1 unspecified atom stereocenters. The molecule has 0 aliphatic heterocycles. The Balaban J connectivity index is 2.81. The molecule has 0 aliphatic rings. The molecule has 100 valence electrons. The van der Waals surface area contributed by atoms with Gasteiger partial charge in [-0.05, 0) is 30.9 Å². The van der Waals surface area contributed by atoms with Crippen LogP contribution in [-0.2, 0) is 0 Å². The molecule has 1 atom stereocenters. The summed E-state index contributed by atoms with van der Waals surface area (Å²) in [6, 6.07) is 5.15. The molecule has 0 aromatic heterocycles. The number of rotatable bonds is 5. The first-order valence-corrected chi connectivity index (χ1v) is 6.22. The van der Waals surface area contributed by atoms with Crippen LogP contribution in [0.1, 0.15) is 36.2 Å². The molecule has 1 amide bonds. The van der Waals surface area contributed by atoms with Crippen LogP contribution in [0.2, 0.25) is 0 Å². The molecule has 0 saturated carbocycles. The fraction of sp³-hybridized carbons (Fsp3) is 0.500. The largest absolute Gasteiger partial charge is 0.398 e. The van der Waals surface area contributed by atoms with Crippen LogP contribution in [0, 0.1) is 12.8 Å². The lowest BCUT2D eigenvalue weighted by atomic mass is 10.0. The lowest BCUT2D eigenvalue weighted by Gasteiger charge is -2.19. The molecule has 0 bridgehead atoms. The van der Waals surface area contributed by atoms with Crippen molar-refractivity contribution in [3.8, 4) is 0 Å². The van der Waals surface area contributed by atoms with Crippen molar-refractivity contribution < 1.29 is 9.90 Å². The van der Waals surface area contributed by atoms with Gasteiger partial charge in [0, 0.05) is 5.69 Å². The van der Waals surface area contributed by atoms with E-state index >= 15 is 0 Å². The van der Waals surface area contributed by atoms with Crippen molar-refractivity contribution in [1.82, 2.24) is 5.32 Å². The Bertz CT molecular complexity index is 396. The number of carbonyl (C=O) groups excluding carboxylic acids is 1. The Morgan fingerprint density at radius 2 is 2.11 bits per heavy atom.